The second-order valence-corrected chi connectivity index (χ2v) is 6.40. The number of nitrogens with one attached hydrogen (secondary N) is 1. The van der Waals surface area contributed by atoms with E-state index in [1.807, 2.05) is 0 Å². The number of halogens is 2. The van der Waals surface area contributed by atoms with Crippen LogP contribution in [0.5, 0.6) is 5.75 Å². The molecule has 0 unspecified atom stereocenters. The van der Waals surface area contributed by atoms with Crippen LogP contribution >= 0.6 is 12.4 Å². The second kappa shape index (κ2) is 10.00. The van der Waals surface area contributed by atoms with E-state index in [0.29, 0.717) is 11.8 Å². The Bertz CT molecular complexity index is 1070. The molecular weight excluding hydrogens is 413 g/mol. The topological polar surface area (TPSA) is 115 Å². The molecule has 3 rings (SSSR count). The Kier molecular flexibility index (Phi) is 7.68. The Balaban J connectivity index is 0.00000320. The lowest BCUT2D eigenvalue weighted by Crippen LogP contribution is -2.29. The first-order valence-corrected chi connectivity index (χ1v) is 8.90. The van der Waals surface area contributed by atoms with Gasteiger partial charge in [0, 0.05) is 30.2 Å². The molecule has 7 nitrogen and oxygen atoms in total. The lowest BCUT2D eigenvalue weighted by atomic mass is 9.98. The zero-order chi connectivity index (χ0) is 21.0. The molecular formula is C21H21ClFN3O4. The molecule has 3 aromatic rings. The van der Waals surface area contributed by atoms with E-state index in [0.717, 1.165) is 11.1 Å². The Morgan fingerprint density at radius 3 is 2.50 bits per heavy atom. The van der Waals surface area contributed by atoms with Gasteiger partial charge in [0.05, 0.1) is 7.11 Å². The van der Waals surface area contributed by atoms with Crippen molar-refractivity contribution in [1.29, 1.82) is 0 Å². The number of aromatic nitrogens is 1. The molecule has 2 aromatic carbocycles. The number of phenolic OH excluding ortho intramolecular Hbond substituents is 1. The van der Waals surface area contributed by atoms with Gasteiger partial charge in [-0.1, -0.05) is 12.1 Å². The number of ether oxygens (including phenoxy) is 1. The number of hydrogen-bond donors (Lipinski definition) is 3. The van der Waals surface area contributed by atoms with Crippen molar-refractivity contribution in [2.24, 2.45) is 5.73 Å². The first-order chi connectivity index (χ1) is 13.9. The number of aromatic hydroxyl groups is 1. The average Bonchev–Trinajstić information content (AvgIpc) is 2.73. The van der Waals surface area contributed by atoms with Crippen LogP contribution in [0, 0.1) is 5.82 Å². The van der Waals surface area contributed by atoms with Crippen LogP contribution in [0.1, 0.15) is 31.8 Å². The van der Waals surface area contributed by atoms with Gasteiger partial charge in [0.25, 0.3) is 5.91 Å². The summed E-state index contributed by atoms with van der Waals surface area (Å²) in [6, 6.07) is 9.04. The van der Waals surface area contributed by atoms with E-state index in [4.69, 9.17) is 5.73 Å². The fourth-order valence-corrected chi connectivity index (χ4v) is 2.99. The molecule has 0 radical (unpaired) electrons. The van der Waals surface area contributed by atoms with E-state index in [1.54, 1.807) is 18.2 Å². The molecule has 0 fully saturated rings. The molecule has 1 aromatic heterocycles. The minimum Gasteiger partial charge on any atom is -0.505 e. The Morgan fingerprint density at radius 2 is 1.87 bits per heavy atom. The van der Waals surface area contributed by atoms with Crippen LogP contribution in [0.4, 0.5) is 4.39 Å². The molecule has 0 aliphatic rings. The Morgan fingerprint density at radius 1 is 1.17 bits per heavy atom. The quantitative estimate of drug-likeness (QED) is 0.515. The maximum atomic E-state index is 13.1. The molecule has 0 spiro atoms. The number of carbonyl (C=O) groups is 2. The summed E-state index contributed by atoms with van der Waals surface area (Å²) in [5, 5.41) is 13.5. The van der Waals surface area contributed by atoms with E-state index < -0.39 is 11.9 Å². The summed E-state index contributed by atoms with van der Waals surface area (Å²) < 4.78 is 17.8. The van der Waals surface area contributed by atoms with Crippen LogP contribution in [-0.4, -0.2) is 42.2 Å². The van der Waals surface area contributed by atoms with Crippen molar-refractivity contribution in [2.45, 2.75) is 6.42 Å². The van der Waals surface area contributed by atoms with Gasteiger partial charge in [-0.3, -0.25) is 9.78 Å². The van der Waals surface area contributed by atoms with Crippen LogP contribution in [-0.2, 0) is 11.2 Å². The molecule has 1 heterocycles. The van der Waals surface area contributed by atoms with Gasteiger partial charge in [-0.25, -0.2) is 9.18 Å². The normalized spacial score (nSPS) is 10.4. The van der Waals surface area contributed by atoms with Crippen LogP contribution in [0.15, 0.2) is 42.6 Å². The highest BCUT2D eigenvalue weighted by Crippen LogP contribution is 2.32. The van der Waals surface area contributed by atoms with Gasteiger partial charge in [-0.05, 0) is 41.8 Å². The van der Waals surface area contributed by atoms with Crippen molar-refractivity contribution in [1.82, 2.24) is 10.3 Å². The third kappa shape index (κ3) is 4.84. The summed E-state index contributed by atoms with van der Waals surface area (Å²) in [5.74, 6) is -1.93. The fourth-order valence-electron chi connectivity index (χ4n) is 2.99. The Labute approximate surface area is 178 Å². The summed E-state index contributed by atoms with van der Waals surface area (Å²) in [6.07, 6.45) is 1.99. The third-order valence-electron chi connectivity index (χ3n) is 4.40. The van der Waals surface area contributed by atoms with Gasteiger partial charge in [-0.2, -0.15) is 0 Å². The molecule has 9 heteroatoms. The molecule has 0 saturated heterocycles. The van der Waals surface area contributed by atoms with E-state index in [2.05, 4.69) is 15.0 Å². The summed E-state index contributed by atoms with van der Waals surface area (Å²) >= 11 is 0. The number of nitrogens with two attached hydrogens (primary N) is 1. The van der Waals surface area contributed by atoms with E-state index in [1.165, 1.54) is 31.5 Å². The summed E-state index contributed by atoms with van der Waals surface area (Å²) in [7, 11) is 1.18. The monoisotopic (exact) mass is 433 g/mol. The number of fused-ring (bicyclic) bond motifs is 1. The number of pyridine rings is 1. The molecule has 0 saturated carbocycles. The predicted molar refractivity (Wildman–Crippen MR) is 113 cm³/mol. The zero-order valence-corrected chi connectivity index (χ0v) is 17.0. The summed E-state index contributed by atoms with van der Waals surface area (Å²) in [6.45, 7) is 0.497. The number of nitrogens with zero attached hydrogens (tertiary/aromatic N) is 1. The largest absolute Gasteiger partial charge is 0.505 e. The average molecular weight is 434 g/mol. The van der Waals surface area contributed by atoms with Gasteiger partial charge >= 0.3 is 5.97 Å². The van der Waals surface area contributed by atoms with E-state index in [9.17, 15) is 19.1 Å². The van der Waals surface area contributed by atoms with Gasteiger partial charge in [0.1, 0.15) is 16.9 Å². The highest BCUT2D eigenvalue weighted by molar-refractivity contribution is 6.11. The number of phenols is 1. The van der Waals surface area contributed by atoms with Crippen LogP contribution in [0.2, 0.25) is 0 Å². The van der Waals surface area contributed by atoms with Gasteiger partial charge < -0.3 is 20.9 Å². The molecule has 4 N–H and O–H groups in total. The van der Waals surface area contributed by atoms with Crippen LogP contribution in [0.3, 0.4) is 0 Å². The standard InChI is InChI=1S/C21H20FN3O4.ClH/c1-29-21(28)17-10-16(20(27)24-7-6-23)15-9-13(11-25-18(15)19(17)26)8-12-2-4-14(22)5-3-12;/h2-5,9-11,26H,6-8,23H2,1H3,(H,24,27);1H. The summed E-state index contributed by atoms with van der Waals surface area (Å²) in [5.41, 5.74) is 7.17. The van der Waals surface area contributed by atoms with Crippen molar-refractivity contribution >= 4 is 35.2 Å². The first-order valence-electron chi connectivity index (χ1n) is 8.90. The highest BCUT2D eigenvalue weighted by atomic mass is 35.5. The first kappa shape index (κ1) is 23.1. The van der Waals surface area contributed by atoms with Crippen LogP contribution in [0.25, 0.3) is 10.9 Å². The van der Waals surface area contributed by atoms with Gasteiger partial charge in [0.15, 0.2) is 5.75 Å². The predicted octanol–water partition coefficient (Wildman–Crippen LogP) is 2.57. The SMILES string of the molecule is COC(=O)c1cc(C(=O)NCCN)c2cc(Cc3ccc(F)cc3)cnc2c1O.Cl. The molecule has 0 aliphatic heterocycles. The number of hydrogen-bond acceptors (Lipinski definition) is 6. The molecule has 158 valence electrons. The second-order valence-electron chi connectivity index (χ2n) is 6.40. The smallest absolute Gasteiger partial charge is 0.341 e. The maximum Gasteiger partial charge on any atom is 0.341 e. The molecule has 0 aliphatic carbocycles. The zero-order valence-electron chi connectivity index (χ0n) is 16.1. The van der Waals surface area contributed by atoms with Crippen molar-refractivity contribution in [3.63, 3.8) is 0 Å². The van der Waals surface area contributed by atoms with Crippen LogP contribution < -0.4 is 11.1 Å². The number of methoxy groups -OCH3 is 1. The molecule has 1 amide bonds. The van der Waals surface area contributed by atoms with Crippen molar-refractivity contribution in [2.75, 3.05) is 20.2 Å². The van der Waals surface area contributed by atoms with E-state index >= 15 is 0 Å². The summed E-state index contributed by atoms with van der Waals surface area (Å²) in [4.78, 5) is 28.9. The number of rotatable bonds is 6. The van der Waals surface area contributed by atoms with Crippen molar-refractivity contribution in [3.05, 3.63) is 70.7 Å². The molecule has 0 atom stereocenters. The minimum absolute atomic E-state index is 0. The fraction of sp³-hybridized carbons (Fsp3) is 0.190. The minimum atomic E-state index is -0.783. The maximum absolute atomic E-state index is 13.1. The lowest BCUT2D eigenvalue weighted by Gasteiger charge is -2.13. The van der Waals surface area contributed by atoms with Gasteiger partial charge in [0.2, 0.25) is 0 Å². The highest BCUT2D eigenvalue weighted by Gasteiger charge is 2.22. The number of amides is 1. The number of carbonyl (C=O) groups excluding carboxylic acids is 2. The number of esters is 1. The third-order valence-corrected chi connectivity index (χ3v) is 4.40. The molecule has 0 bridgehead atoms. The van der Waals surface area contributed by atoms with Crippen molar-refractivity contribution in [3.8, 4) is 5.75 Å². The Hall–Kier alpha value is -3.23. The lowest BCUT2D eigenvalue weighted by molar-refractivity contribution is 0.0597. The van der Waals surface area contributed by atoms with E-state index in [-0.39, 0.29) is 53.7 Å². The van der Waals surface area contributed by atoms with Crippen molar-refractivity contribution < 1.29 is 23.8 Å². The molecule has 30 heavy (non-hydrogen) atoms. The number of benzene rings is 2. The van der Waals surface area contributed by atoms with Gasteiger partial charge in [-0.15, -0.1) is 12.4 Å².